The minimum absolute atomic E-state index is 0.215. The molecule has 4 rings (SSSR count). The lowest BCUT2D eigenvalue weighted by atomic mass is 10.1. The predicted octanol–water partition coefficient (Wildman–Crippen LogP) is 3.87. The predicted molar refractivity (Wildman–Crippen MR) is 126 cm³/mol. The van der Waals surface area contributed by atoms with Gasteiger partial charge >= 0.3 is 5.97 Å². The Labute approximate surface area is 200 Å². The van der Waals surface area contributed by atoms with Crippen molar-refractivity contribution in [3.63, 3.8) is 0 Å². The molecule has 0 bridgehead atoms. The lowest BCUT2D eigenvalue weighted by Gasteiger charge is -2.18. The average Bonchev–Trinajstić information content (AvgIpc) is 3.20. The molecule has 1 N–H and O–H groups in total. The largest absolute Gasteiger partial charge is 0.495 e. The van der Waals surface area contributed by atoms with E-state index < -0.39 is 18.0 Å². The van der Waals surface area contributed by atoms with Crippen molar-refractivity contribution in [1.29, 1.82) is 0 Å². The van der Waals surface area contributed by atoms with E-state index in [1.54, 1.807) is 53.0 Å². The van der Waals surface area contributed by atoms with E-state index in [4.69, 9.17) is 21.1 Å². The summed E-state index contributed by atoms with van der Waals surface area (Å²) in [7, 11) is 1.50. The van der Waals surface area contributed by atoms with E-state index in [0.717, 1.165) is 11.4 Å². The molecule has 2 aromatic heterocycles. The van der Waals surface area contributed by atoms with Gasteiger partial charge in [0.15, 0.2) is 5.82 Å². The number of rotatable bonds is 7. The van der Waals surface area contributed by atoms with Crippen LogP contribution in [0.3, 0.4) is 0 Å². The molecule has 0 saturated carbocycles. The molecular formula is C24H22ClN5O4. The third kappa shape index (κ3) is 5.15. The van der Waals surface area contributed by atoms with E-state index >= 15 is 0 Å². The van der Waals surface area contributed by atoms with Gasteiger partial charge < -0.3 is 14.8 Å². The highest BCUT2D eigenvalue weighted by Gasteiger charge is 2.26. The highest BCUT2D eigenvalue weighted by Crippen LogP contribution is 2.28. The quantitative estimate of drug-likeness (QED) is 0.401. The Morgan fingerprint density at radius 2 is 1.85 bits per heavy atom. The average molecular weight is 480 g/mol. The zero-order valence-corrected chi connectivity index (χ0v) is 19.5. The minimum atomic E-state index is -1.19. The van der Waals surface area contributed by atoms with Crippen molar-refractivity contribution in [3.8, 4) is 5.75 Å². The molecule has 0 saturated heterocycles. The number of nitrogens with one attached hydrogen (secondary N) is 1. The van der Waals surface area contributed by atoms with Crippen LogP contribution in [-0.4, -0.2) is 38.6 Å². The number of benzene rings is 2. The van der Waals surface area contributed by atoms with Gasteiger partial charge in [-0.05, 0) is 38.1 Å². The number of amides is 1. The molecule has 4 aromatic rings. The van der Waals surface area contributed by atoms with Gasteiger partial charge in [-0.25, -0.2) is 9.50 Å². The van der Waals surface area contributed by atoms with Gasteiger partial charge in [0.2, 0.25) is 6.10 Å². The second-order valence-corrected chi connectivity index (χ2v) is 7.98. The van der Waals surface area contributed by atoms with Crippen molar-refractivity contribution in [1.82, 2.24) is 19.6 Å². The summed E-state index contributed by atoms with van der Waals surface area (Å²) in [5, 5.41) is 7.40. The molecule has 0 spiro atoms. The van der Waals surface area contributed by atoms with Crippen LogP contribution in [0.1, 0.15) is 28.9 Å². The third-order valence-corrected chi connectivity index (χ3v) is 5.27. The molecule has 2 heterocycles. The van der Waals surface area contributed by atoms with E-state index in [0.29, 0.717) is 27.8 Å². The number of carbonyl (C=O) groups excluding carboxylic acids is 2. The van der Waals surface area contributed by atoms with Crippen LogP contribution in [0, 0.1) is 13.8 Å². The topological polar surface area (TPSA) is 108 Å². The van der Waals surface area contributed by atoms with Crippen LogP contribution in [-0.2, 0) is 20.7 Å². The van der Waals surface area contributed by atoms with Crippen LogP contribution in [0.25, 0.3) is 5.78 Å². The molecule has 0 radical (unpaired) electrons. The normalized spacial score (nSPS) is 11.8. The Kier molecular flexibility index (Phi) is 6.74. The molecule has 2 aromatic carbocycles. The van der Waals surface area contributed by atoms with Gasteiger partial charge in [0, 0.05) is 22.6 Å². The van der Waals surface area contributed by atoms with Gasteiger partial charge in [-0.15, -0.1) is 5.10 Å². The molecule has 0 aliphatic rings. The van der Waals surface area contributed by atoms with Crippen LogP contribution in [0.2, 0.25) is 5.02 Å². The molecule has 174 valence electrons. The Morgan fingerprint density at radius 1 is 1.09 bits per heavy atom. The molecule has 0 aliphatic heterocycles. The SMILES string of the molecule is COc1ccc(NC(=O)C(OC(=O)Cc2nc3nc(C)cc(C)n3n2)c2ccccc2)cc1Cl. The maximum absolute atomic E-state index is 13.1. The van der Waals surface area contributed by atoms with Gasteiger partial charge in [-0.2, -0.15) is 4.98 Å². The fraction of sp³-hybridized carbons (Fsp3) is 0.208. The number of carbonyl (C=O) groups is 2. The second-order valence-electron chi connectivity index (χ2n) is 7.57. The number of methoxy groups -OCH3 is 1. The lowest BCUT2D eigenvalue weighted by Crippen LogP contribution is -2.26. The van der Waals surface area contributed by atoms with Gasteiger partial charge in [-0.3, -0.25) is 9.59 Å². The van der Waals surface area contributed by atoms with Crippen molar-refractivity contribution in [2.45, 2.75) is 26.4 Å². The van der Waals surface area contributed by atoms with Crippen molar-refractivity contribution < 1.29 is 19.1 Å². The number of halogens is 1. The monoisotopic (exact) mass is 479 g/mol. The summed E-state index contributed by atoms with van der Waals surface area (Å²) in [6, 6.07) is 15.4. The summed E-state index contributed by atoms with van der Waals surface area (Å²) >= 11 is 6.16. The number of esters is 1. The lowest BCUT2D eigenvalue weighted by molar-refractivity contribution is -0.154. The Hall–Kier alpha value is -3.98. The number of fused-ring (bicyclic) bond motifs is 1. The smallest absolute Gasteiger partial charge is 0.314 e. The van der Waals surface area contributed by atoms with Gasteiger partial charge in [0.25, 0.3) is 11.7 Å². The number of hydrogen-bond donors (Lipinski definition) is 1. The van der Waals surface area contributed by atoms with Gasteiger partial charge in [-0.1, -0.05) is 41.9 Å². The maximum atomic E-state index is 13.1. The molecule has 34 heavy (non-hydrogen) atoms. The first-order valence-electron chi connectivity index (χ1n) is 10.4. The fourth-order valence-corrected chi connectivity index (χ4v) is 3.70. The van der Waals surface area contributed by atoms with Gasteiger partial charge in [0.05, 0.1) is 12.1 Å². The number of aryl methyl sites for hydroxylation is 2. The van der Waals surface area contributed by atoms with Crippen LogP contribution in [0.4, 0.5) is 5.69 Å². The molecule has 0 fully saturated rings. The van der Waals surface area contributed by atoms with E-state index in [1.807, 2.05) is 19.9 Å². The van der Waals surface area contributed by atoms with E-state index in [9.17, 15) is 9.59 Å². The maximum Gasteiger partial charge on any atom is 0.314 e. The first-order chi connectivity index (χ1) is 16.3. The minimum Gasteiger partial charge on any atom is -0.495 e. The van der Waals surface area contributed by atoms with Crippen molar-refractivity contribution in [3.05, 3.63) is 82.4 Å². The molecule has 9 nitrogen and oxygen atoms in total. The van der Waals surface area contributed by atoms with Crippen LogP contribution < -0.4 is 10.1 Å². The van der Waals surface area contributed by atoms with E-state index in [1.165, 1.54) is 7.11 Å². The number of ether oxygens (including phenoxy) is 2. The summed E-state index contributed by atoms with van der Waals surface area (Å²) in [6.45, 7) is 3.73. The van der Waals surface area contributed by atoms with Crippen molar-refractivity contribution in [2.75, 3.05) is 12.4 Å². The summed E-state index contributed by atoms with van der Waals surface area (Å²) in [6.07, 6.45) is -1.40. The Bertz CT molecular complexity index is 1360. The molecule has 1 atom stereocenters. The van der Waals surface area contributed by atoms with Crippen LogP contribution in [0.5, 0.6) is 5.75 Å². The van der Waals surface area contributed by atoms with Gasteiger partial charge in [0.1, 0.15) is 12.2 Å². The molecular weight excluding hydrogens is 458 g/mol. The van der Waals surface area contributed by atoms with Crippen molar-refractivity contribution in [2.24, 2.45) is 0 Å². The number of hydrogen-bond acceptors (Lipinski definition) is 7. The summed E-state index contributed by atoms with van der Waals surface area (Å²) in [5.74, 6) is -0.0566. The Morgan fingerprint density at radius 3 is 2.56 bits per heavy atom. The van der Waals surface area contributed by atoms with E-state index in [-0.39, 0.29) is 12.2 Å². The third-order valence-electron chi connectivity index (χ3n) is 4.97. The zero-order valence-electron chi connectivity index (χ0n) is 18.8. The number of nitrogens with zero attached hydrogens (tertiary/aromatic N) is 4. The first-order valence-corrected chi connectivity index (χ1v) is 10.8. The molecule has 1 unspecified atom stereocenters. The summed E-state index contributed by atoms with van der Waals surface area (Å²) < 4.78 is 12.3. The highest BCUT2D eigenvalue weighted by atomic mass is 35.5. The summed E-state index contributed by atoms with van der Waals surface area (Å²) in [5.41, 5.74) is 2.59. The number of anilines is 1. The number of aromatic nitrogens is 4. The first kappa shape index (κ1) is 23.2. The fourth-order valence-electron chi connectivity index (χ4n) is 3.44. The highest BCUT2D eigenvalue weighted by molar-refractivity contribution is 6.32. The molecule has 0 aliphatic carbocycles. The van der Waals surface area contributed by atoms with E-state index in [2.05, 4.69) is 20.4 Å². The standard InChI is InChI=1S/C24H22ClN5O4/c1-14-11-15(2)30-24(26-14)28-20(29-30)13-21(31)34-22(16-7-5-4-6-8-16)23(32)27-17-9-10-19(33-3)18(25)12-17/h4-12,22H,13H2,1-3H3,(H,27,32). The van der Waals surface area contributed by atoms with Crippen molar-refractivity contribution >= 4 is 34.9 Å². The van der Waals surface area contributed by atoms with Crippen LogP contribution >= 0.6 is 11.6 Å². The molecule has 1 amide bonds. The molecule has 10 heteroatoms. The zero-order chi connectivity index (χ0) is 24.2. The summed E-state index contributed by atoms with van der Waals surface area (Å²) in [4.78, 5) is 34.5. The van der Waals surface area contributed by atoms with Crippen LogP contribution in [0.15, 0.2) is 54.6 Å². The Balaban J connectivity index is 1.53. The second kappa shape index (κ2) is 9.88.